The molecule has 1 fully saturated rings. The highest BCUT2D eigenvalue weighted by molar-refractivity contribution is 5.73. The van der Waals surface area contributed by atoms with Crippen LogP contribution >= 0.6 is 0 Å². The number of aryl methyl sites for hydroxylation is 3. The summed E-state index contributed by atoms with van der Waals surface area (Å²) in [6.07, 6.45) is 4.68. The van der Waals surface area contributed by atoms with Crippen molar-refractivity contribution in [2.24, 2.45) is 0 Å². The number of carbonyl (C=O) groups excluding carboxylic acids is 1. The highest BCUT2D eigenvalue weighted by atomic mass is 16.5. The maximum absolute atomic E-state index is 12.3. The van der Waals surface area contributed by atoms with Gasteiger partial charge in [-0.2, -0.15) is 5.10 Å². The van der Waals surface area contributed by atoms with Gasteiger partial charge in [-0.15, -0.1) is 0 Å². The van der Waals surface area contributed by atoms with Gasteiger partial charge < -0.3 is 24.2 Å². The maximum atomic E-state index is 12.3. The Kier molecular flexibility index (Phi) is 9.48. The molecule has 1 N–H and O–H groups in total. The topological polar surface area (TPSA) is 89.3 Å². The van der Waals surface area contributed by atoms with E-state index in [1.54, 1.807) is 12.0 Å². The van der Waals surface area contributed by atoms with Crippen molar-refractivity contribution in [3.05, 3.63) is 71.5 Å². The van der Waals surface area contributed by atoms with Crippen molar-refractivity contribution in [1.29, 1.82) is 0 Å². The van der Waals surface area contributed by atoms with Crippen LogP contribution in [0.25, 0.3) is 0 Å². The van der Waals surface area contributed by atoms with Gasteiger partial charge in [0.25, 0.3) is 0 Å². The van der Waals surface area contributed by atoms with Gasteiger partial charge in [-0.1, -0.05) is 23.8 Å². The summed E-state index contributed by atoms with van der Waals surface area (Å²) in [7, 11) is 1.63. The second-order valence-corrected chi connectivity index (χ2v) is 10.4. The zero-order valence-corrected chi connectivity index (χ0v) is 23.4. The molecule has 0 saturated carbocycles. The van der Waals surface area contributed by atoms with Crippen molar-refractivity contribution in [1.82, 2.24) is 19.6 Å². The number of hydrogen-bond acceptors (Lipinski definition) is 7. The minimum absolute atomic E-state index is 0.0592. The van der Waals surface area contributed by atoms with Gasteiger partial charge in [0.05, 0.1) is 26.5 Å². The zero-order chi connectivity index (χ0) is 27.8. The van der Waals surface area contributed by atoms with Crippen LogP contribution in [0.2, 0.25) is 0 Å². The molecule has 1 aromatic heterocycles. The smallest absolute Gasteiger partial charge is 0.219 e. The Morgan fingerprint density at radius 1 is 1.03 bits per heavy atom. The van der Waals surface area contributed by atoms with Crippen molar-refractivity contribution in [3.63, 3.8) is 0 Å². The molecule has 0 radical (unpaired) electrons. The molecule has 1 aliphatic heterocycles. The minimum Gasteiger partial charge on any atom is -0.493 e. The van der Waals surface area contributed by atoms with E-state index in [0.717, 1.165) is 29.7 Å². The summed E-state index contributed by atoms with van der Waals surface area (Å²) < 4.78 is 19.5. The standard InChI is InChI=1S/C30H40N4O5/c1-23-6-9-27(10-7-23)39-22-30(36)20-32(13-14-33(21-30)25(3)35)19-26-8-11-28(37-4)29(16-26)38-15-5-12-34-18-24(2)17-31-34/h6-11,16-18,36H,5,12-15,19-22H2,1-4H3/t30-/m0/s1. The summed E-state index contributed by atoms with van der Waals surface area (Å²) in [5.74, 6) is 2.00. The lowest BCUT2D eigenvalue weighted by Gasteiger charge is -2.32. The molecule has 0 bridgehead atoms. The predicted molar refractivity (Wildman–Crippen MR) is 149 cm³/mol. The molecule has 210 valence electrons. The summed E-state index contributed by atoms with van der Waals surface area (Å²) in [4.78, 5) is 16.1. The van der Waals surface area contributed by atoms with Crippen molar-refractivity contribution in [2.45, 2.75) is 45.9 Å². The minimum atomic E-state index is -1.22. The van der Waals surface area contributed by atoms with E-state index in [0.29, 0.717) is 50.0 Å². The van der Waals surface area contributed by atoms with Crippen LogP contribution in [-0.2, 0) is 17.9 Å². The largest absolute Gasteiger partial charge is 0.493 e. The molecule has 3 aromatic rings. The van der Waals surface area contributed by atoms with Gasteiger partial charge >= 0.3 is 0 Å². The number of ether oxygens (including phenoxy) is 3. The Labute approximate surface area is 230 Å². The number of carbonyl (C=O) groups is 1. The molecule has 9 nitrogen and oxygen atoms in total. The summed E-state index contributed by atoms with van der Waals surface area (Å²) >= 11 is 0. The fourth-order valence-electron chi connectivity index (χ4n) is 4.78. The Hall–Kier alpha value is -3.56. The van der Waals surface area contributed by atoms with Crippen LogP contribution in [0.1, 0.15) is 30.0 Å². The van der Waals surface area contributed by atoms with Crippen molar-refractivity contribution < 1.29 is 24.1 Å². The highest BCUT2D eigenvalue weighted by Gasteiger charge is 2.37. The van der Waals surface area contributed by atoms with Crippen LogP contribution in [0.15, 0.2) is 54.9 Å². The third kappa shape index (κ3) is 8.21. The van der Waals surface area contributed by atoms with Crippen LogP contribution in [0.3, 0.4) is 0 Å². The fraction of sp³-hybridized carbons (Fsp3) is 0.467. The van der Waals surface area contributed by atoms with Gasteiger partial charge in [-0.25, -0.2) is 0 Å². The predicted octanol–water partition coefficient (Wildman–Crippen LogP) is 3.45. The van der Waals surface area contributed by atoms with Gasteiger partial charge in [0.15, 0.2) is 11.5 Å². The summed E-state index contributed by atoms with van der Waals surface area (Å²) in [5, 5.41) is 15.9. The quantitative estimate of drug-likeness (QED) is 0.376. The van der Waals surface area contributed by atoms with Gasteiger partial charge in [0, 0.05) is 52.3 Å². The SMILES string of the molecule is COc1ccc(CN2CCN(C(C)=O)C[C@](O)(COc3ccc(C)cc3)C2)cc1OCCCn1cc(C)cn1. The van der Waals surface area contributed by atoms with Crippen molar-refractivity contribution in [3.8, 4) is 17.2 Å². The lowest BCUT2D eigenvalue weighted by molar-refractivity contribution is -0.132. The molecule has 2 heterocycles. The van der Waals surface area contributed by atoms with Gasteiger partial charge in [0.2, 0.25) is 5.91 Å². The molecular formula is C30H40N4O5. The van der Waals surface area contributed by atoms with Crippen molar-refractivity contribution in [2.75, 3.05) is 46.5 Å². The highest BCUT2D eigenvalue weighted by Crippen LogP contribution is 2.29. The van der Waals surface area contributed by atoms with E-state index in [9.17, 15) is 9.90 Å². The first-order chi connectivity index (χ1) is 18.7. The first-order valence-corrected chi connectivity index (χ1v) is 13.4. The number of aliphatic hydroxyl groups is 1. The lowest BCUT2D eigenvalue weighted by atomic mass is 10.0. The first-order valence-electron chi connectivity index (χ1n) is 13.4. The van der Waals surface area contributed by atoms with Crippen LogP contribution in [0.5, 0.6) is 17.2 Å². The van der Waals surface area contributed by atoms with Gasteiger partial charge in [-0.3, -0.25) is 14.4 Å². The second kappa shape index (κ2) is 13.0. The van der Waals surface area contributed by atoms with Crippen molar-refractivity contribution >= 4 is 5.91 Å². The Morgan fingerprint density at radius 3 is 2.51 bits per heavy atom. The molecule has 1 saturated heterocycles. The fourth-order valence-corrected chi connectivity index (χ4v) is 4.78. The first kappa shape index (κ1) is 28.4. The van der Waals surface area contributed by atoms with E-state index in [1.165, 1.54) is 6.92 Å². The molecule has 0 spiro atoms. The van der Waals surface area contributed by atoms with Gasteiger partial charge in [-0.05, 0) is 49.2 Å². The van der Waals surface area contributed by atoms with E-state index in [1.807, 2.05) is 73.4 Å². The molecule has 9 heteroatoms. The average Bonchev–Trinajstić information content (AvgIpc) is 3.25. The molecule has 1 amide bonds. The molecule has 2 aromatic carbocycles. The van der Waals surface area contributed by atoms with Crippen LogP contribution < -0.4 is 14.2 Å². The van der Waals surface area contributed by atoms with E-state index in [-0.39, 0.29) is 19.1 Å². The molecule has 1 atom stereocenters. The lowest BCUT2D eigenvalue weighted by Crippen LogP contribution is -2.51. The Morgan fingerprint density at radius 2 is 1.82 bits per heavy atom. The molecule has 39 heavy (non-hydrogen) atoms. The molecule has 0 aliphatic carbocycles. The summed E-state index contributed by atoms with van der Waals surface area (Å²) in [6.45, 7) is 9.33. The van der Waals surface area contributed by atoms with E-state index in [2.05, 4.69) is 10.00 Å². The molecular weight excluding hydrogens is 496 g/mol. The number of β-amino-alcohol motifs (C(OH)–C–C–N with tert-alkyl or cyclic N) is 1. The molecule has 0 unspecified atom stereocenters. The summed E-state index contributed by atoms with van der Waals surface area (Å²) in [5.41, 5.74) is 2.09. The molecule has 4 rings (SSSR count). The normalized spacial score (nSPS) is 18.0. The third-order valence-electron chi connectivity index (χ3n) is 6.85. The monoisotopic (exact) mass is 536 g/mol. The number of rotatable bonds is 11. The average molecular weight is 537 g/mol. The second-order valence-electron chi connectivity index (χ2n) is 10.4. The zero-order valence-electron chi connectivity index (χ0n) is 23.4. The number of aromatic nitrogens is 2. The van der Waals surface area contributed by atoms with E-state index >= 15 is 0 Å². The van der Waals surface area contributed by atoms with E-state index < -0.39 is 5.60 Å². The number of amides is 1. The number of nitrogens with zero attached hydrogens (tertiary/aromatic N) is 4. The number of methoxy groups -OCH3 is 1. The number of hydrogen-bond donors (Lipinski definition) is 1. The van der Waals surface area contributed by atoms with Crippen LogP contribution in [-0.4, -0.2) is 82.7 Å². The third-order valence-corrected chi connectivity index (χ3v) is 6.85. The van der Waals surface area contributed by atoms with Crippen LogP contribution in [0.4, 0.5) is 0 Å². The molecule has 1 aliphatic rings. The van der Waals surface area contributed by atoms with E-state index in [4.69, 9.17) is 14.2 Å². The Bertz CT molecular complexity index is 1230. The number of benzene rings is 2. The maximum Gasteiger partial charge on any atom is 0.219 e. The van der Waals surface area contributed by atoms with Crippen LogP contribution in [0, 0.1) is 13.8 Å². The summed E-state index contributed by atoms with van der Waals surface area (Å²) in [6, 6.07) is 13.6. The van der Waals surface area contributed by atoms with Gasteiger partial charge in [0.1, 0.15) is 18.0 Å². The Balaban J connectivity index is 1.41.